The molecule has 1 fully saturated rings. The van der Waals surface area contributed by atoms with Crippen LogP contribution in [0.3, 0.4) is 0 Å². The van der Waals surface area contributed by atoms with Gasteiger partial charge in [-0.15, -0.1) is 11.3 Å². The Morgan fingerprint density at radius 3 is 2.68 bits per heavy atom. The lowest BCUT2D eigenvalue weighted by atomic mass is 9.89. The highest BCUT2D eigenvalue weighted by Crippen LogP contribution is 2.36. The third-order valence-corrected chi connectivity index (χ3v) is 7.33. The fourth-order valence-corrected chi connectivity index (χ4v) is 5.58. The maximum absolute atomic E-state index is 10.8. The van der Waals surface area contributed by atoms with E-state index in [-0.39, 0.29) is 17.7 Å². The van der Waals surface area contributed by atoms with E-state index in [1.807, 2.05) is 24.3 Å². The highest BCUT2D eigenvalue weighted by atomic mass is 35.5. The normalized spacial score (nSPS) is 25.1. The predicted octanol–water partition coefficient (Wildman–Crippen LogP) is 4.64. The van der Waals surface area contributed by atoms with Crippen LogP contribution in [0.5, 0.6) is 0 Å². The number of rotatable bonds is 13. The van der Waals surface area contributed by atoms with Crippen LogP contribution in [0.15, 0.2) is 30.4 Å². The number of nitrogens with two attached hydrogens (primary N) is 1. The van der Waals surface area contributed by atoms with Gasteiger partial charge in [0.1, 0.15) is 0 Å². The average molecular weight is 490 g/mol. The first kappa shape index (κ1) is 26.4. The highest BCUT2D eigenvalue weighted by Gasteiger charge is 2.39. The van der Waals surface area contributed by atoms with Crippen molar-refractivity contribution in [3.63, 3.8) is 0 Å². The number of carbonyl (C=O) groups excluding carboxylic acids is 1. The number of thiophene rings is 1. The van der Waals surface area contributed by atoms with Crippen molar-refractivity contribution in [1.82, 2.24) is 0 Å². The van der Waals surface area contributed by atoms with Crippen LogP contribution in [0.1, 0.15) is 56.9 Å². The van der Waals surface area contributed by atoms with E-state index in [1.165, 1.54) is 11.3 Å². The van der Waals surface area contributed by atoms with Crippen molar-refractivity contribution in [1.29, 1.82) is 0 Å². The topological polar surface area (TPSA) is 104 Å². The Morgan fingerprint density at radius 2 is 2.00 bits per heavy atom. The van der Waals surface area contributed by atoms with Gasteiger partial charge in [0.25, 0.3) is 0 Å². The van der Waals surface area contributed by atoms with E-state index in [9.17, 15) is 20.1 Å². The van der Waals surface area contributed by atoms with E-state index >= 15 is 0 Å². The third kappa shape index (κ3) is 9.24. The molecule has 31 heavy (non-hydrogen) atoms. The number of primary amides is 1. The summed E-state index contributed by atoms with van der Waals surface area (Å²) in [7, 11) is 0. The summed E-state index contributed by atoms with van der Waals surface area (Å²) in [4.78, 5) is 10.8. The van der Waals surface area contributed by atoms with Gasteiger partial charge in [-0.1, -0.05) is 53.9 Å². The summed E-state index contributed by atoms with van der Waals surface area (Å²) in [5.41, 5.74) is 6.18. The molecular weight excluding hydrogens is 457 g/mol. The standard InChI is InChI=1S/C23H33Cl2NO4S/c24-21-13-15(23(25)31-21)7-5-6-8-16(27)11-12-18-17(19(28)14-20(18)29)9-3-1-2-4-10-22(26)30/h1,3,11-13,16-20,27-29H,2,4-10,14H2,(H2,26,30)/t16-,17+,18+,19-,20+/m0/s1. The molecule has 1 heterocycles. The summed E-state index contributed by atoms with van der Waals surface area (Å²) in [5, 5.41) is 30.9. The molecule has 5 N–H and O–H groups in total. The van der Waals surface area contributed by atoms with Crippen molar-refractivity contribution >= 4 is 40.4 Å². The molecule has 1 aliphatic carbocycles. The molecule has 1 aromatic rings. The zero-order valence-corrected chi connectivity index (χ0v) is 20.0. The van der Waals surface area contributed by atoms with E-state index in [0.717, 1.165) is 35.6 Å². The van der Waals surface area contributed by atoms with Crippen molar-refractivity contribution in [2.24, 2.45) is 17.6 Å². The molecule has 0 saturated heterocycles. The van der Waals surface area contributed by atoms with Crippen LogP contribution in [0.25, 0.3) is 0 Å². The summed E-state index contributed by atoms with van der Waals surface area (Å²) in [6.45, 7) is 0. The van der Waals surface area contributed by atoms with Gasteiger partial charge in [0.15, 0.2) is 0 Å². The number of carbonyl (C=O) groups is 1. The fraction of sp³-hybridized carbons (Fsp3) is 0.609. The van der Waals surface area contributed by atoms with Crippen molar-refractivity contribution in [2.45, 2.75) is 76.1 Å². The van der Waals surface area contributed by atoms with Gasteiger partial charge in [0, 0.05) is 18.8 Å². The zero-order chi connectivity index (χ0) is 22.8. The number of halogens is 2. The van der Waals surface area contributed by atoms with Gasteiger partial charge in [-0.25, -0.2) is 0 Å². The lowest BCUT2D eigenvalue weighted by Crippen LogP contribution is -2.20. The summed E-state index contributed by atoms with van der Waals surface area (Å²) < 4.78 is 1.42. The van der Waals surface area contributed by atoms with Gasteiger partial charge in [-0.05, 0) is 56.1 Å². The predicted molar refractivity (Wildman–Crippen MR) is 127 cm³/mol. The molecule has 2 rings (SSSR count). The van der Waals surface area contributed by atoms with Gasteiger partial charge >= 0.3 is 0 Å². The number of unbranched alkanes of at least 4 members (excludes halogenated alkanes) is 2. The second-order valence-corrected chi connectivity index (χ2v) is 10.5. The molecule has 174 valence electrons. The fourth-order valence-electron chi connectivity index (χ4n) is 4.04. The van der Waals surface area contributed by atoms with Crippen LogP contribution in [0.4, 0.5) is 0 Å². The van der Waals surface area contributed by atoms with Crippen LogP contribution < -0.4 is 5.73 Å². The Balaban J connectivity index is 1.74. The van der Waals surface area contributed by atoms with Gasteiger partial charge in [0.05, 0.1) is 27.0 Å². The van der Waals surface area contributed by atoms with E-state index in [2.05, 4.69) is 0 Å². The lowest BCUT2D eigenvalue weighted by Gasteiger charge is -2.19. The molecule has 8 heteroatoms. The lowest BCUT2D eigenvalue weighted by molar-refractivity contribution is -0.118. The second kappa shape index (κ2) is 13.6. The Kier molecular flexibility index (Phi) is 11.6. The maximum atomic E-state index is 10.8. The summed E-state index contributed by atoms with van der Waals surface area (Å²) >= 11 is 13.5. The Hall–Kier alpha value is -0.890. The highest BCUT2D eigenvalue weighted by molar-refractivity contribution is 7.20. The molecule has 0 spiro atoms. The van der Waals surface area contributed by atoms with Crippen LogP contribution in [-0.2, 0) is 11.2 Å². The number of aliphatic hydroxyl groups excluding tert-OH is 3. The molecule has 1 aliphatic rings. The van der Waals surface area contributed by atoms with E-state index < -0.39 is 18.3 Å². The molecule has 0 aliphatic heterocycles. The molecule has 0 unspecified atom stereocenters. The van der Waals surface area contributed by atoms with Crippen LogP contribution >= 0.6 is 34.5 Å². The summed E-state index contributed by atoms with van der Waals surface area (Å²) in [6, 6.07) is 1.89. The average Bonchev–Trinajstić information content (AvgIpc) is 3.16. The molecule has 0 radical (unpaired) electrons. The minimum absolute atomic E-state index is 0.0867. The Labute approximate surface area is 198 Å². The molecule has 0 aromatic carbocycles. The molecule has 5 atom stereocenters. The molecule has 1 saturated carbocycles. The van der Waals surface area contributed by atoms with Gasteiger partial charge < -0.3 is 21.1 Å². The molecule has 0 bridgehead atoms. The van der Waals surface area contributed by atoms with Gasteiger partial charge in [-0.2, -0.15) is 0 Å². The van der Waals surface area contributed by atoms with Crippen LogP contribution in [0, 0.1) is 11.8 Å². The minimum atomic E-state index is -0.614. The van der Waals surface area contributed by atoms with Gasteiger partial charge in [0.2, 0.25) is 5.91 Å². The number of hydrogen-bond donors (Lipinski definition) is 4. The van der Waals surface area contributed by atoms with Crippen molar-refractivity contribution < 1.29 is 20.1 Å². The van der Waals surface area contributed by atoms with Gasteiger partial charge in [-0.3, -0.25) is 4.79 Å². The monoisotopic (exact) mass is 489 g/mol. The molecule has 1 aromatic heterocycles. The first-order valence-corrected chi connectivity index (χ1v) is 12.4. The first-order valence-electron chi connectivity index (χ1n) is 10.9. The van der Waals surface area contributed by atoms with Crippen molar-refractivity contribution in [3.05, 3.63) is 44.6 Å². The number of hydrogen-bond acceptors (Lipinski definition) is 5. The van der Waals surface area contributed by atoms with E-state index in [1.54, 1.807) is 6.08 Å². The molecule has 1 amide bonds. The van der Waals surface area contributed by atoms with E-state index in [0.29, 0.717) is 36.4 Å². The number of aryl methyl sites for hydroxylation is 1. The zero-order valence-electron chi connectivity index (χ0n) is 17.6. The second-order valence-electron chi connectivity index (χ2n) is 8.22. The van der Waals surface area contributed by atoms with Crippen LogP contribution in [0.2, 0.25) is 8.67 Å². The molecular formula is C23H33Cl2NO4S. The number of amides is 1. The molecule has 5 nitrogen and oxygen atoms in total. The minimum Gasteiger partial charge on any atom is -0.393 e. The summed E-state index contributed by atoms with van der Waals surface area (Å²) in [6.07, 6.45) is 11.8. The van der Waals surface area contributed by atoms with E-state index in [4.69, 9.17) is 28.9 Å². The maximum Gasteiger partial charge on any atom is 0.217 e. The van der Waals surface area contributed by atoms with Crippen molar-refractivity contribution in [2.75, 3.05) is 0 Å². The first-order chi connectivity index (χ1) is 14.8. The SMILES string of the molecule is NC(=O)CCCC=CC[C@@H]1[C@@H](C=C[C@@H](O)CCCCc2cc(Cl)sc2Cl)[C@H](O)C[C@@H]1O. The Bertz CT molecular complexity index is 752. The third-order valence-electron chi connectivity index (χ3n) is 5.76. The quantitative estimate of drug-likeness (QED) is 0.239. The van der Waals surface area contributed by atoms with Crippen molar-refractivity contribution in [3.8, 4) is 0 Å². The summed E-state index contributed by atoms with van der Waals surface area (Å²) in [5.74, 6) is -0.575. The Morgan fingerprint density at radius 1 is 1.23 bits per heavy atom. The smallest absolute Gasteiger partial charge is 0.217 e. The number of aliphatic hydroxyl groups is 3. The largest absolute Gasteiger partial charge is 0.393 e. The van der Waals surface area contributed by atoms with Crippen LogP contribution in [-0.4, -0.2) is 39.5 Å². The number of allylic oxidation sites excluding steroid dienone is 2.